The Morgan fingerprint density at radius 1 is 1.15 bits per heavy atom. The summed E-state index contributed by atoms with van der Waals surface area (Å²) in [6, 6.07) is 17.5. The van der Waals surface area contributed by atoms with Crippen LogP contribution in [-0.2, 0) is 16.1 Å². The van der Waals surface area contributed by atoms with E-state index in [9.17, 15) is 9.59 Å². The van der Waals surface area contributed by atoms with Gasteiger partial charge in [0.1, 0.15) is 0 Å². The van der Waals surface area contributed by atoms with Crippen LogP contribution in [0, 0.1) is 12.8 Å². The number of aryl methyl sites for hydroxylation is 1. The maximum absolute atomic E-state index is 12.8. The molecule has 0 radical (unpaired) electrons. The third-order valence-corrected chi connectivity index (χ3v) is 5.03. The molecule has 0 aliphatic carbocycles. The highest BCUT2D eigenvalue weighted by molar-refractivity contribution is 6.04. The lowest BCUT2D eigenvalue weighted by Gasteiger charge is -2.17. The van der Waals surface area contributed by atoms with E-state index >= 15 is 0 Å². The number of nitrogens with zero attached hydrogens (tertiary/aromatic N) is 2. The zero-order valence-corrected chi connectivity index (χ0v) is 15.2. The Kier molecular flexibility index (Phi) is 4.59. The molecule has 3 aromatic rings. The van der Waals surface area contributed by atoms with Gasteiger partial charge in [0, 0.05) is 31.1 Å². The molecule has 5 heteroatoms. The van der Waals surface area contributed by atoms with Crippen LogP contribution in [0.3, 0.4) is 0 Å². The monoisotopic (exact) mass is 359 g/mol. The van der Waals surface area contributed by atoms with Gasteiger partial charge in [-0.05, 0) is 36.2 Å². The lowest BCUT2D eigenvalue weighted by Crippen LogP contribution is -2.28. The summed E-state index contributed by atoms with van der Waals surface area (Å²) in [4.78, 5) is 31.3. The molecule has 1 N–H and O–H groups in total. The van der Waals surface area contributed by atoms with Crippen molar-refractivity contribution in [3.8, 4) is 0 Å². The number of pyridine rings is 1. The number of likely N-dealkylation sites (tertiary alicyclic amines) is 1. The van der Waals surface area contributed by atoms with Crippen molar-refractivity contribution in [1.29, 1.82) is 0 Å². The van der Waals surface area contributed by atoms with E-state index in [2.05, 4.69) is 10.3 Å². The van der Waals surface area contributed by atoms with Crippen molar-refractivity contribution in [2.24, 2.45) is 5.92 Å². The molecule has 4 rings (SSSR count). The molecule has 0 unspecified atom stereocenters. The molecule has 0 spiro atoms. The molecular formula is C22H21N3O2. The quantitative estimate of drug-likeness (QED) is 0.775. The van der Waals surface area contributed by atoms with Crippen molar-refractivity contribution in [3.63, 3.8) is 0 Å². The van der Waals surface area contributed by atoms with Gasteiger partial charge in [0.25, 0.3) is 0 Å². The van der Waals surface area contributed by atoms with Crippen molar-refractivity contribution in [1.82, 2.24) is 9.88 Å². The van der Waals surface area contributed by atoms with Crippen LogP contribution in [0.5, 0.6) is 0 Å². The van der Waals surface area contributed by atoms with E-state index in [1.807, 2.05) is 61.5 Å². The Bertz CT molecular complexity index is 1000. The molecule has 1 aliphatic heterocycles. The predicted octanol–water partition coefficient (Wildman–Crippen LogP) is 3.53. The number of carbonyl (C=O) groups excluding carboxylic acids is 2. The fraction of sp³-hybridized carbons (Fsp3) is 0.227. The van der Waals surface area contributed by atoms with Gasteiger partial charge in [-0.15, -0.1) is 0 Å². The molecule has 5 nitrogen and oxygen atoms in total. The second-order valence-corrected chi connectivity index (χ2v) is 6.98. The van der Waals surface area contributed by atoms with Crippen LogP contribution in [-0.4, -0.2) is 28.2 Å². The number of hydrogen-bond acceptors (Lipinski definition) is 3. The number of aromatic nitrogens is 1. The number of nitrogens with one attached hydrogen (secondary N) is 1. The van der Waals surface area contributed by atoms with Crippen LogP contribution in [0.25, 0.3) is 10.9 Å². The molecule has 1 aromatic heterocycles. The van der Waals surface area contributed by atoms with Gasteiger partial charge in [0.05, 0.1) is 17.1 Å². The van der Waals surface area contributed by atoms with Gasteiger partial charge in [-0.25, -0.2) is 0 Å². The molecule has 1 atom stereocenters. The van der Waals surface area contributed by atoms with Crippen LogP contribution in [0.1, 0.15) is 17.5 Å². The summed E-state index contributed by atoms with van der Waals surface area (Å²) in [6.45, 7) is 2.99. The van der Waals surface area contributed by atoms with Crippen molar-refractivity contribution in [3.05, 3.63) is 71.9 Å². The Morgan fingerprint density at radius 2 is 1.96 bits per heavy atom. The maximum Gasteiger partial charge on any atom is 0.229 e. The average Bonchev–Trinajstić information content (AvgIpc) is 3.06. The molecule has 136 valence electrons. The first-order valence-electron chi connectivity index (χ1n) is 9.09. The third-order valence-electron chi connectivity index (χ3n) is 5.03. The first-order valence-corrected chi connectivity index (χ1v) is 9.09. The highest BCUT2D eigenvalue weighted by Crippen LogP contribution is 2.27. The van der Waals surface area contributed by atoms with Gasteiger partial charge < -0.3 is 10.2 Å². The molecule has 0 bridgehead atoms. The number of benzene rings is 2. The first kappa shape index (κ1) is 17.2. The number of fused-ring (bicyclic) bond motifs is 1. The lowest BCUT2D eigenvalue weighted by molar-refractivity contribution is -0.128. The van der Waals surface area contributed by atoms with Gasteiger partial charge >= 0.3 is 0 Å². The van der Waals surface area contributed by atoms with Gasteiger partial charge in [-0.3, -0.25) is 14.6 Å². The van der Waals surface area contributed by atoms with Crippen molar-refractivity contribution < 1.29 is 9.59 Å². The fourth-order valence-electron chi connectivity index (χ4n) is 3.56. The highest BCUT2D eigenvalue weighted by atomic mass is 16.2. The standard InChI is InChI=1S/C22H21N3O2/c1-15-9-10-19(18-8-5-11-23-21(15)18)24-22(27)17-12-20(26)25(14-17)13-16-6-3-2-4-7-16/h2-11,17H,12-14H2,1H3,(H,24,27)/t17-/m1/s1. The molecular weight excluding hydrogens is 338 g/mol. The van der Waals surface area contributed by atoms with E-state index in [4.69, 9.17) is 0 Å². The second-order valence-electron chi connectivity index (χ2n) is 6.98. The maximum atomic E-state index is 12.8. The topological polar surface area (TPSA) is 62.3 Å². The van der Waals surface area contributed by atoms with E-state index in [0.29, 0.717) is 13.1 Å². The van der Waals surface area contributed by atoms with Crippen molar-refractivity contribution >= 4 is 28.4 Å². The van der Waals surface area contributed by atoms with Crippen LogP contribution >= 0.6 is 0 Å². The van der Waals surface area contributed by atoms with Gasteiger partial charge in [0.15, 0.2) is 0 Å². The van der Waals surface area contributed by atoms with Crippen molar-refractivity contribution in [2.75, 3.05) is 11.9 Å². The van der Waals surface area contributed by atoms with Gasteiger partial charge in [0.2, 0.25) is 11.8 Å². The van der Waals surface area contributed by atoms with Crippen LogP contribution in [0.4, 0.5) is 5.69 Å². The Balaban J connectivity index is 1.48. The molecule has 27 heavy (non-hydrogen) atoms. The van der Waals surface area contributed by atoms with Crippen LogP contribution in [0.15, 0.2) is 60.8 Å². The highest BCUT2D eigenvalue weighted by Gasteiger charge is 2.34. The number of anilines is 1. The Morgan fingerprint density at radius 3 is 2.78 bits per heavy atom. The minimum atomic E-state index is -0.339. The summed E-state index contributed by atoms with van der Waals surface area (Å²) >= 11 is 0. The SMILES string of the molecule is Cc1ccc(NC(=O)[C@@H]2CC(=O)N(Cc3ccccc3)C2)c2cccnc12. The molecule has 2 amide bonds. The smallest absolute Gasteiger partial charge is 0.229 e. The minimum absolute atomic E-state index is 0.0226. The van der Waals surface area contributed by atoms with Crippen molar-refractivity contribution in [2.45, 2.75) is 19.9 Å². The molecule has 0 saturated carbocycles. The minimum Gasteiger partial charge on any atom is -0.338 e. The zero-order valence-electron chi connectivity index (χ0n) is 15.2. The fourth-order valence-corrected chi connectivity index (χ4v) is 3.56. The lowest BCUT2D eigenvalue weighted by atomic mass is 10.1. The molecule has 1 aliphatic rings. The average molecular weight is 359 g/mol. The van der Waals surface area contributed by atoms with E-state index in [-0.39, 0.29) is 24.2 Å². The molecule has 2 aromatic carbocycles. The Labute approximate surface area is 158 Å². The largest absolute Gasteiger partial charge is 0.338 e. The van der Waals surface area contributed by atoms with E-state index in [1.165, 1.54) is 0 Å². The first-order chi connectivity index (χ1) is 13.1. The normalized spacial score (nSPS) is 16.7. The van der Waals surface area contributed by atoms with E-state index in [0.717, 1.165) is 27.7 Å². The summed E-state index contributed by atoms with van der Waals surface area (Å²) in [5.41, 5.74) is 3.75. The molecule has 1 fully saturated rings. The number of rotatable bonds is 4. The van der Waals surface area contributed by atoms with Crippen LogP contribution in [0.2, 0.25) is 0 Å². The summed E-state index contributed by atoms with van der Waals surface area (Å²) in [5, 5.41) is 3.91. The third kappa shape index (κ3) is 3.53. The van der Waals surface area contributed by atoms with Gasteiger partial charge in [-0.2, -0.15) is 0 Å². The molecule has 2 heterocycles. The second kappa shape index (κ2) is 7.19. The summed E-state index contributed by atoms with van der Waals surface area (Å²) in [7, 11) is 0. The number of hydrogen-bond donors (Lipinski definition) is 1. The zero-order chi connectivity index (χ0) is 18.8. The summed E-state index contributed by atoms with van der Waals surface area (Å²) in [6.07, 6.45) is 2.00. The van der Waals surface area contributed by atoms with Gasteiger partial charge in [-0.1, -0.05) is 36.4 Å². The van der Waals surface area contributed by atoms with E-state index < -0.39 is 0 Å². The summed E-state index contributed by atoms with van der Waals surface area (Å²) in [5.74, 6) is -0.434. The van der Waals surface area contributed by atoms with Crippen LogP contribution < -0.4 is 5.32 Å². The number of amides is 2. The Hall–Kier alpha value is -3.21. The van der Waals surface area contributed by atoms with E-state index in [1.54, 1.807) is 11.1 Å². The molecule has 1 saturated heterocycles. The summed E-state index contributed by atoms with van der Waals surface area (Å²) < 4.78 is 0. The number of carbonyl (C=O) groups is 2. The predicted molar refractivity (Wildman–Crippen MR) is 105 cm³/mol.